The molecule has 0 spiro atoms. The summed E-state index contributed by atoms with van der Waals surface area (Å²) in [6, 6.07) is 1.65. The lowest BCUT2D eigenvalue weighted by molar-refractivity contribution is -0.385. The lowest BCUT2D eigenvalue weighted by Crippen LogP contribution is -2.11. The Morgan fingerprint density at radius 1 is 1.52 bits per heavy atom. The summed E-state index contributed by atoms with van der Waals surface area (Å²) in [5.41, 5.74) is 0.573. The maximum Gasteiger partial charge on any atom is 0.303 e. The summed E-state index contributed by atoms with van der Waals surface area (Å²) in [6.07, 6.45) is 3.89. The Kier molecular flexibility index (Phi) is 6.58. The van der Waals surface area contributed by atoms with Gasteiger partial charge in [0.25, 0.3) is 5.69 Å². The number of pyridine rings is 1. The van der Waals surface area contributed by atoms with Gasteiger partial charge in [0.1, 0.15) is 12.0 Å². The van der Waals surface area contributed by atoms with Crippen LogP contribution in [0.4, 0.5) is 11.5 Å². The van der Waals surface area contributed by atoms with Crippen LogP contribution in [0.25, 0.3) is 0 Å². The van der Waals surface area contributed by atoms with Crippen LogP contribution < -0.4 is 5.32 Å². The van der Waals surface area contributed by atoms with Gasteiger partial charge in [0.2, 0.25) is 0 Å². The first-order valence-corrected chi connectivity index (χ1v) is 7.00. The predicted molar refractivity (Wildman–Crippen MR) is 79.4 cm³/mol. The van der Waals surface area contributed by atoms with E-state index in [0.29, 0.717) is 30.3 Å². The van der Waals surface area contributed by atoms with Crippen molar-refractivity contribution in [3.05, 3.63) is 27.9 Å². The molecule has 116 valence electrons. The number of hydrogen-bond acceptors (Lipinski definition) is 5. The third-order valence-corrected chi connectivity index (χ3v) is 3.48. The van der Waals surface area contributed by atoms with E-state index in [1.165, 1.54) is 6.20 Å². The number of aryl methyl sites for hydroxylation is 1. The Hall–Kier alpha value is -2.18. The van der Waals surface area contributed by atoms with Crippen LogP contribution in [0.1, 0.15) is 38.2 Å². The van der Waals surface area contributed by atoms with Crippen molar-refractivity contribution in [1.29, 1.82) is 0 Å². The summed E-state index contributed by atoms with van der Waals surface area (Å²) in [5.74, 6) is 0.188. The maximum absolute atomic E-state index is 10.7. The first kappa shape index (κ1) is 16.9. The van der Waals surface area contributed by atoms with Gasteiger partial charge >= 0.3 is 5.97 Å². The monoisotopic (exact) mass is 295 g/mol. The molecule has 0 aliphatic heterocycles. The van der Waals surface area contributed by atoms with Crippen LogP contribution in [0.5, 0.6) is 0 Å². The number of nitro groups is 1. The topological polar surface area (TPSA) is 105 Å². The highest BCUT2D eigenvalue weighted by Gasteiger charge is 2.12. The van der Waals surface area contributed by atoms with Gasteiger partial charge in [-0.1, -0.05) is 13.3 Å². The number of nitrogens with zero attached hydrogens (tertiary/aromatic N) is 2. The molecule has 0 fully saturated rings. The third-order valence-electron chi connectivity index (χ3n) is 3.48. The summed E-state index contributed by atoms with van der Waals surface area (Å²) >= 11 is 0. The van der Waals surface area contributed by atoms with Crippen LogP contribution in [-0.4, -0.2) is 27.5 Å². The van der Waals surface area contributed by atoms with Gasteiger partial charge in [-0.25, -0.2) is 4.98 Å². The highest BCUT2D eigenvalue weighted by molar-refractivity contribution is 5.66. The number of anilines is 1. The summed E-state index contributed by atoms with van der Waals surface area (Å²) in [7, 11) is 0. The van der Waals surface area contributed by atoms with E-state index in [0.717, 1.165) is 12.8 Å². The SMILES string of the molecule is CCC(CCNc1cc(C)c([N+](=O)[O-])cn1)CCC(=O)O. The van der Waals surface area contributed by atoms with Crippen molar-refractivity contribution in [2.24, 2.45) is 5.92 Å². The molecule has 1 heterocycles. The molecule has 0 aromatic carbocycles. The summed E-state index contributed by atoms with van der Waals surface area (Å²) in [6.45, 7) is 4.38. The second-order valence-electron chi connectivity index (χ2n) is 5.04. The van der Waals surface area contributed by atoms with Crippen molar-refractivity contribution < 1.29 is 14.8 Å². The van der Waals surface area contributed by atoms with E-state index in [-0.39, 0.29) is 12.1 Å². The number of carbonyl (C=O) groups is 1. The first-order chi connectivity index (χ1) is 9.93. The minimum absolute atomic E-state index is 0.00782. The number of carboxylic acid groups (broad SMARTS) is 1. The normalized spacial score (nSPS) is 11.9. The van der Waals surface area contributed by atoms with Crippen molar-refractivity contribution in [2.75, 3.05) is 11.9 Å². The van der Waals surface area contributed by atoms with Crippen LogP contribution in [-0.2, 0) is 4.79 Å². The quantitative estimate of drug-likeness (QED) is 0.536. The molecule has 1 aromatic heterocycles. The molecule has 1 unspecified atom stereocenters. The van der Waals surface area contributed by atoms with Gasteiger partial charge in [-0.3, -0.25) is 14.9 Å². The van der Waals surface area contributed by atoms with Crippen molar-refractivity contribution in [2.45, 2.75) is 39.5 Å². The fraction of sp³-hybridized carbons (Fsp3) is 0.571. The van der Waals surface area contributed by atoms with Crippen molar-refractivity contribution in [3.8, 4) is 0 Å². The molecule has 21 heavy (non-hydrogen) atoms. The van der Waals surface area contributed by atoms with Gasteiger partial charge in [-0.2, -0.15) is 0 Å². The van der Waals surface area contributed by atoms with E-state index in [4.69, 9.17) is 5.11 Å². The zero-order valence-corrected chi connectivity index (χ0v) is 12.3. The Balaban J connectivity index is 2.46. The van der Waals surface area contributed by atoms with Crippen LogP contribution in [0.15, 0.2) is 12.3 Å². The third kappa shape index (κ3) is 5.76. The lowest BCUT2D eigenvalue weighted by atomic mass is 9.97. The van der Waals surface area contributed by atoms with Crippen LogP contribution in [0, 0.1) is 23.0 Å². The van der Waals surface area contributed by atoms with E-state index < -0.39 is 10.9 Å². The van der Waals surface area contributed by atoms with Gasteiger partial charge in [-0.15, -0.1) is 0 Å². The predicted octanol–water partition coefficient (Wildman–Crippen LogP) is 2.99. The molecule has 2 N–H and O–H groups in total. The van der Waals surface area contributed by atoms with Gasteiger partial charge in [0.05, 0.1) is 4.92 Å². The Morgan fingerprint density at radius 3 is 2.76 bits per heavy atom. The fourth-order valence-electron chi connectivity index (χ4n) is 2.12. The number of hydrogen-bond donors (Lipinski definition) is 2. The van der Waals surface area contributed by atoms with Crippen LogP contribution in [0.2, 0.25) is 0 Å². The fourth-order valence-corrected chi connectivity index (χ4v) is 2.12. The van der Waals surface area contributed by atoms with Gasteiger partial charge in [0, 0.05) is 18.5 Å². The number of aromatic nitrogens is 1. The van der Waals surface area contributed by atoms with Gasteiger partial charge < -0.3 is 10.4 Å². The average molecular weight is 295 g/mol. The summed E-state index contributed by atoms with van der Waals surface area (Å²) in [4.78, 5) is 24.8. The molecule has 1 rings (SSSR count). The van der Waals surface area contributed by atoms with Gasteiger partial charge in [0.15, 0.2) is 0 Å². The first-order valence-electron chi connectivity index (χ1n) is 7.00. The minimum Gasteiger partial charge on any atom is -0.481 e. The smallest absolute Gasteiger partial charge is 0.303 e. The van der Waals surface area contributed by atoms with Crippen LogP contribution >= 0.6 is 0 Å². The molecular formula is C14H21N3O4. The second-order valence-corrected chi connectivity index (χ2v) is 5.04. The zero-order valence-electron chi connectivity index (χ0n) is 12.3. The molecule has 1 aromatic rings. The second kappa shape index (κ2) is 8.18. The number of rotatable bonds is 9. The largest absolute Gasteiger partial charge is 0.481 e. The Morgan fingerprint density at radius 2 is 2.24 bits per heavy atom. The molecule has 1 atom stereocenters. The molecule has 0 aliphatic carbocycles. The molecule has 0 bridgehead atoms. The molecule has 0 aliphatic rings. The molecule has 0 radical (unpaired) electrons. The van der Waals surface area contributed by atoms with E-state index in [1.807, 2.05) is 6.92 Å². The number of carboxylic acids is 1. The van der Waals surface area contributed by atoms with Crippen molar-refractivity contribution in [3.63, 3.8) is 0 Å². The average Bonchev–Trinajstić information content (AvgIpc) is 2.42. The minimum atomic E-state index is -0.769. The molecule has 0 saturated heterocycles. The number of nitrogens with one attached hydrogen (secondary N) is 1. The highest BCUT2D eigenvalue weighted by Crippen LogP contribution is 2.20. The molecule has 0 saturated carbocycles. The molecular weight excluding hydrogens is 274 g/mol. The van der Waals surface area contributed by atoms with Crippen molar-refractivity contribution >= 4 is 17.5 Å². The van der Waals surface area contributed by atoms with E-state index in [2.05, 4.69) is 10.3 Å². The van der Waals surface area contributed by atoms with Crippen molar-refractivity contribution in [1.82, 2.24) is 4.98 Å². The molecule has 7 heteroatoms. The summed E-state index contributed by atoms with van der Waals surface area (Å²) < 4.78 is 0. The molecule has 0 amide bonds. The van der Waals surface area contributed by atoms with E-state index in [1.54, 1.807) is 13.0 Å². The van der Waals surface area contributed by atoms with Crippen LogP contribution in [0.3, 0.4) is 0 Å². The Bertz CT molecular complexity index is 505. The van der Waals surface area contributed by atoms with E-state index in [9.17, 15) is 14.9 Å². The number of aliphatic carboxylic acids is 1. The standard InChI is InChI=1S/C14H21N3O4/c1-3-11(4-5-14(18)19)6-7-15-13-8-10(2)12(9-16-13)17(20)21/h8-9,11H,3-7H2,1-2H3,(H,15,16)(H,18,19). The highest BCUT2D eigenvalue weighted by atomic mass is 16.6. The Labute approximate surface area is 123 Å². The van der Waals surface area contributed by atoms with E-state index >= 15 is 0 Å². The maximum atomic E-state index is 10.7. The zero-order chi connectivity index (χ0) is 15.8. The molecule has 7 nitrogen and oxygen atoms in total. The summed E-state index contributed by atoms with van der Waals surface area (Å²) in [5, 5.41) is 22.5. The van der Waals surface area contributed by atoms with Gasteiger partial charge in [-0.05, 0) is 31.7 Å². The lowest BCUT2D eigenvalue weighted by Gasteiger charge is -2.14.